The standard InChI is InChI=1S/C12H20O4.C4H8O/c1-3-5-9-15-11(13)7-8-12(14)16-10-6-4-2;1-2-4-5-3-1/h7-8H,3-6,9-10H2,1-2H3;1-4H2/b8-7-;. The Labute approximate surface area is 127 Å². The van der Waals surface area contributed by atoms with Gasteiger partial charge in [-0.25, -0.2) is 9.59 Å². The van der Waals surface area contributed by atoms with Crippen molar-refractivity contribution in [3.63, 3.8) is 0 Å². The monoisotopic (exact) mass is 300 g/mol. The largest absolute Gasteiger partial charge is 0.463 e. The first-order valence-corrected chi connectivity index (χ1v) is 7.80. The summed E-state index contributed by atoms with van der Waals surface area (Å²) < 4.78 is 14.6. The van der Waals surface area contributed by atoms with E-state index in [1.54, 1.807) is 0 Å². The van der Waals surface area contributed by atoms with Crippen molar-refractivity contribution in [2.75, 3.05) is 26.4 Å². The molecule has 0 amide bonds. The smallest absolute Gasteiger partial charge is 0.331 e. The van der Waals surface area contributed by atoms with Crippen LogP contribution in [0.2, 0.25) is 0 Å². The van der Waals surface area contributed by atoms with Gasteiger partial charge in [0.25, 0.3) is 0 Å². The summed E-state index contributed by atoms with van der Waals surface area (Å²) in [6, 6.07) is 0. The maximum absolute atomic E-state index is 11.0. The number of unbranched alkanes of at least 4 members (excludes halogenated alkanes) is 2. The lowest BCUT2D eigenvalue weighted by Gasteiger charge is -2.00. The van der Waals surface area contributed by atoms with Gasteiger partial charge >= 0.3 is 11.9 Å². The molecule has 0 aromatic carbocycles. The second-order valence-electron chi connectivity index (χ2n) is 4.69. The second kappa shape index (κ2) is 15.0. The van der Waals surface area contributed by atoms with Crippen LogP contribution in [-0.2, 0) is 23.8 Å². The average Bonchev–Trinajstić information content (AvgIpc) is 3.05. The Bertz CT molecular complexity index is 263. The van der Waals surface area contributed by atoms with E-state index < -0.39 is 11.9 Å². The first-order chi connectivity index (χ1) is 10.2. The molecule has 5 heteroatoms. The van der Waals surface area contributed by atoms with Crippen molar-refractivity contribution in [3.8, 4) is 0 Å². The number of hydrogen-bond acceptors (Lipinski definition) is 5. The van der Waals surface area contributed by atoms with Gasteiger partial charge < -0.3 is 14.2 Å². The summed E-state index contributed by atoms with van der Waals surface area (Å²) >= 11 is 0. The Hall–Kier alpha value is -1.36. The van der Waals surface area contributed by atoms with Gasteiger partial charge in [0.2, 0.25) is 0 Å². The van der Waals surface area contributed by atoms with Gasteiger partial charge in [0.05, 0.1) is 13.2 Å². The second-order valence-corrected chi connectivity index (χ2v) is 4.69. The summed E-state index contributed by atoms with van der Waals surface area (Å²) in [5, 5.41) is 0. The van der Waals surface area contributed by atoms with Crippen LogP contribution in [0.1, 0.15) is 52.4 Å². The highest BCUT2D eigenvalue weighted by Gasteiger charge is 2.00. The van der Waals surface area contributed by atoms with Crippen molar-refractivity contribution in [2.45, 2.75) is 52.4 Å². The lowest BCUT2D eigenvalue weighted by Crippen LogP contribution is -2.05. The summed E-state index contributed by atoms with van der Waals surface area (Å²) in [6.45, 7) is 6.80. The van der Waals surface area contributed by atoms with E-state index in [0.29, 0.717) is 13.2 Å². The van der Waals surface area contributed by atoms with Crippen LogP contribution in [0.5, 0.6) is 0 Å². The maximum atomic E-state index is 11.0. The zero-order valence-electron chi connectivity index (χ0n) is 13.3. The molecule has 0 bridgehead atoms. The predicted molar refractivity (Wildman–Crippen MR) is 80.9 cm³/mol. The first-order valence-electron chi connectivity index (χ1n) is 7.80. The third-order valence-electron chi connectivity index (χ3n) is 2.67. The van der Waals surface area contributed by atoms with E-state index in [2.05, 4.69) is 0 Å². The minimum absolute atomic E-state index is 0.393. The summed E-state index contributed by atoms with van der Waals surface area (Å²) in [4.78, 5) is 22.1. The van der Waals surface area contributed by atoms with Crippen LogP contribution in [0, 0.1) is 0 Å². The third kappa shape index (κ3) is 14.9. The Balaban J connectivity index is 0.000000662. The lowest BCUT2D eigenvalue weighted by atomic mass is 10.4. The Morgan fingerprint density at radius 1 is 0.905 bits per heavy atom. The molecular weight excluding hydrogens is 272 g/mol. The predicted octanol–water partition coefficient (Wildman–Crippen LogP) is 3.03. The quantitative estimate of drug-likeness (QED) is 0.392. The zero-order valence-corrected chi connectivity index (χ0v) is 13.3. The third-order valence-corrected chi connectivity index (χ3v) is 2.67. The van der Waals surface area contributed by atoms with E-state index in [1.807, 2.05) is 13.8 Å². The maximum Gasteiger partial charge on any atom is 0.331 e. The molecule has 122 valence electrons. The molecule has 1 rings (SSSR count). The minimum Gasteiger partial charge on any atom is -0.463 e. The molecule has 1 fully saturated rings. The molecule has 0 saturated carbocycles. The van der Waals surface area contributed by atoms with E-state index in [4.69, 9.17) is 14.2 Å². The van der Waals surface area contributed by atoms with E-state index >= 15 is 0 Å². The van der Waals surface area contributed by atoms with Gasteiger partial charge in [0.15, 0.2) is 0 Å². The van der Waals surface area contributed by atoms with Gasteiger partial charge in [0, 0.05) is 25.4 Å². The van der Waals surface area contributed by atoms with Crippen LogP contribution >= 0.6 is 0 Å². The zero-order chi connectivity index (χ0) is 15.8. The molecule has 21 heavy (non-hydrogen) atoms. The highest BCUT2D eigenvalue weighted by Crippen LogP contribution is 1.98. The molecule has 1 aliphatic heterocycles. The highest BCUT2D eigenvalue weighted by molar-refractivity contribution is 5.91. The van der Waals surface area contributed by atoms with Gasteiger partial charge in [-0.15, -0.1) is 0 Å². The Morgan fingerprint density at radius 2 is 1.33 bits per heavy atom. The van der Waals surface area contributed by atoms with Crippen molar-refractivity contribution in [2.24, 2.45) is 0 Å². The molecular formula is C16H28O5. The van der Waals surface area contributed by atoms with Crippen molar-refractivity contribution in [1.82, 2.24) is 0 Å². The van der Waals surface area contributed by atoms with E-state index in [-0.39, 0.29) is 0 Å². The van der Waals surface area contributed by atoms with Crippen LogP contribution in [0.15, 0.2) is 12.2 Å². The number of ether oxygens (including phenoxy) is 3. The minimum atomic E-state index is -0.499. The average molecular weight is 300 g/mol. The molecule has 0 atom stereocenters. The van der Waals surface area contributed by atoms with E-state index in [1.165, 1.54) is 12.8 Å². The van der Waals surface area contributed by atoms with Crippen LogP contribution < -0.4 is 0 Å². The summed E-state index contributed by atoms with van der Waals surface area (Å²) in [7, 11) is 0. The molecule has 1 aliphatic rings. The molecule has 0 radical (unpaired) electrons. The molecule has 0 unspecified atom stereocenters. The number of esters is 2. The fourth-order valence-corrected chi connectivity index (χ4v) is 1.38. The van der Waals surface area contributed by atoms with Crippen molar-refractivity contribution < 1.29 is 23.8 Å². The molecule has 5 nitrogen and oxygen atoms in total. The lowest BCUT2D eigenvalue weighted by molar-refractivity contribution is -0.140. The fraction of sp³-hybridized carbons (Fsp3) is 0.750. The summed E-state index contributed by atoms with van der Waals surface area (Å²) in [5.74, 6) is -0.998. The van der Waals surface area contributed by atoms with Crippen LogP contribution in [0.4, 0.5) is 0 Å². The molecule has 0 N–H and O–H groups in total. The van der Waals surface area contributed by atoms with Crippen molar-refractivity contribution in [3.05, 3.63) is 12.2 Å². The van der Waals surface area contributed by atoms with Crippen LogP contribution in [0.3, 0.4) is 0 Å². The summed E-state index contributed by atoms with van der Waals surface area (Å²) in [5.41, 5.74) is 0. The number of rotatable bonds is 8. The van der Waals surface area contributed by atoms with Crippen LogP contribution in [-0.4, -0.2) is 38.4 Å². The van der Waals surface area contributed by atoms with Gasteiger partial charge in [0.1, 0.15) is 0 Å². The van der Waals surface area contributed by atoms with E-state index in [9.17, 15) is 9.59 Å². The fourth-order valence-electron chi connectivity index (χ4n) is 1.38. The number of carbonyl (C=O) groups excluding carboxylic acids is 2. The normalized spacial score (nSPS) is 13.6. The molecule has 1 heterocycles. The number of carbonyl (C=O) groups is 2. The van der Waals surface area contributed by atoms with Crippen molar-refractivity contribution >= 4 is 11.9 Å². The van der Waals surface area contributed by atoms with Crippen molar-refractivity contribution in [1.29, 1.82) is 0 Å². The SMILES string of the molecule is C1CCOC1.CCCCOC(=O)/C=C\C(=O)OCCCC. The summed E-state index contributed by atoms with van der Waals surface area (Å²) in [6.07, 6.45) is 8.36. The molecule has 0 aliphatic carbocycles. The molecule has 0 aromatic rings. The van der Waals surface area contributed by atoms with Crippen LogP contribution in [0.25, 0.3) is 0 Å². The topological polar surface area (TPSA) is 61.8 Å². The molecule has 0 spiro atoms. The Morgan fingerprint density at radius 3 is 1.62 bits per heavy atom. The Kier molecular flexibility index (Phi) is 14.1. The first kappa shape index (κ1) is 19.6. The van der Waals surface area contributed by atoms with Gasteiger partial charge in [-0.05, 0) is 25.7 Å². The van der Waals surface area contributed by atoms with E-state index in [0.717, 1.165) is 51.0 Å². The van der Waals surface area contributed by atoms with Gasteiger partial charge in [-0.2, -0.15) is 0 Å². The number of hydrogen-bond donors (Lipinski definition) is 0. The molecule has 1 saturated heterocycles. The van der Waals surface area contributed by atoms with Gasteiger partial charge in [-0.1, -0.05) is 26.7 Å². The molecule has 0 aromatic heterocycles. The highest BCUT2D eigenvalue weighted by atomic mass is 16.5. The van der Waals surface area contributed by atoms with Gasteiger partial charge in [-0.3, -0.25) is 0 Å².